The minimum absolute atomic E-state index is 0.0273. The molecule has 0 spiro atoms. The number of benzene rings is 1. The van der Waals surface area contributed by atoms with E-state index >= 15 is 0 Å². The van der Waals surface area contributed by atoms with Crippen LogP contribution in [0.2, 0.25) is 10.2 Å². The third-order valence-electron chi connectivity index (χ3n) is 4.93. The lowest BCUT2D eigenvalue weighted by Crippen LogP contribution is -2.41. The lowest BCUT2D eigenvalue weighted by Gasteiger charge is -2.30. The van der Waals surface area contributed by atoms with Crippen LogP contribution in [0.4, 0.5) is 5.13 Å². The molecule has 1 N–H and O–H groups in total. The molecule has 1 saturated heterocycles. The number of nitrogens with zero attached hydrogens (tertiary/aromatic N) is 4. The molecule has 1 aliphatic heterocycles. The zero-order valence-corrected chi connectivity index (χ0v) is 19.2. The number of aromatic nitrogens is 3. The third kappa shape index (κ3) is 4.73. The quantitative estimate of drug-likeness (QED) is 0.535. The van der Waals surface area contributed by atoms with Crippen LogP contribution in [-0.4, -0.2) is 46.9 Å². The molecular weight excluding hydrogens is 481 g/mol. The first-order valence-corrected chi connectivity index (χ1v) is 12.4. The largest absolute Gasteiger partial charge is 0.300 e. The highest BCUT2D eigenvalue weighted by Gasteiger charge is 2.33. The molecule has 0 saturated carbocycles. The van der Waals surface area contributed by atoms with E-state index in [4.69, 9.17) is 23.2 Å². The fourth-order valence-electron chi connectivity index (χ4n) is 3.29. The van der Waals surface area contributed by atoms with Crippen LogP contribution in [0.15, 0.2) is 47.5 Å². The molecule has 31 heavy (non-hydrogen) atoms. The van der Waals surface area contributed by atoms with Crippen molar-refractivity contribution in [3.05, 3.63) is 52.8 Å². The van der Waals surface area contributed by atoms with E-state index < -0.39 is 10.0 Å². The van der Waals surface area contributed by atoms with Crippen molar-refractivity contribution in [1.29, 1.82) is 0 Å². The van der Waals surface area contributed by atoms with Gasteiger partial charge in [-0.05, 0) is 31.0 Å². The molecule has 3 heterocycles. The van der Waals surface area contributed by atoms with Crippen molar-refractivity contribution in [3.63, 3.8) is 0 Å². The second-order valence-corrected chi connectivity index (χ2v) is 10.5. The van der Waals surface area contributed by atoms with Crippen LogP contribution >= 0.6 is 34.5 Å². The molecule has 2 aromatic heterocycles. The molecule has 0 aliphatic carbocycles. The van der Waals surface area contributed by atoms with Gasteiger partial charge in [-0.25, -0.2) is 13.4 Å². The van der Waals surface area contributed by atoms with E-state index in [1.54, 1.807) is 6.07 Å². The van der Waals surface area contributed by atoms with E-state index in [1.807, 2.05) is 18.2 Å². The number of anilines is 1. The standard InChI is InChI=1S/C19H17Cl2N5O3S2/c20-14-5-2-1-4-13(14)18-24-25-19(30-18)23-17(27)12-7-10-26(11-8-12)31(28,29)15-6-3-9-22-16(15)21/h1-6,9,12H,7-8,10-11H2,(H,23,25,27). The number of amides is 1. The van der Waals surface area contributed by atoms with Gasteiger partial charge in [-0.1, -0.05) is 52.7 Å². The van der Waals surface area contributed by atoms with E-state index in [9.17, 15) is 13.2 Å². The fourth-order valence-corrected chi connectivity index (χ4v) is 6.25. The van der Waals surface area contributed by atoms with E-state index in [1.165, 1.54) is 34.0 Å². The topological polar surface area (TPSA) is 105 Å². The van der Waals surface area contributed by atoms with Crippen molar-refractivity contribution in [2.24, 2.45) is 5.92 Å². The van der Waals surface area contributed by atoms with Crippen LogP contribution in [-0.2, 0) is 14.8 Å². The SMILES string of the molecule is O=C(Nc1nnc(-c2ccccc2Cl)s1)C1CCN(S(=O)(=O)c2cccnc2Cl)CC1. The number of nitrogens with one attached hydrogen (secondary N) is 1. The molecule has 4 rings (SSSR count). The Bertz CT molecular complexity index is 1210. The number of carbonyl (C=O) groups is 1. The van der Waals surface area contributed by atoms with E-state index in [2.05, 4.69) is 20.5 Å². The highest BCUT2D eigenvalue weighted by molar-refractivity contribution is 7.89. The highest BCUT2D eigenvalue weighted by Crippen LogP contribution is 2.32. The average Bonchev–Trinajstić information content (AvgIpc) is 3.22. The summed E-state index contributed by atoms with van der Waals surface area (Å²) in [5.74, 6) is -0.540. The summed E-state index contributed by atoms with van der Waals surface area (Å²) in [6, 6.07) is 10.2. The van der Waals surface area contributed by atoms with Crippen LogP contribution in [0.5, 0.6) is 0 Å². The molecule has 1 amide bonds. The first-order chi connectivity index (χ1) is 14.9. The van der Waals surface area contributed by atoms with Gasteiger partial charge in [-0.3, -0.25) is 4.79 Å². The van der Waals surface area contributed by atoms with Gasteiger partial charge in [0.05, 0.1) is 5.02 Å². The smallest absolute Gasteiger partial charge is 0.246 e. The van der Waals surface area contributed by atoms with Crippen LogP contribution < -0.4 is 5.32 Å². The third-order valence-corrected chi connectivity index (χ3v) is 8.47. The van der Waals surface area contributed by atoms with Gasteiger partial charge in [0, 0.05) is 30.8 Å². The Morgan fingerprint density at radius 3 is 2.55 bits per heavy atom. The maximum Gasteiger partial charge on any atom is 0.246 e. The summed E-state index contributed by atoms with van der Waals surface area (Å²) in [7, 11) is -3.76. The summed E-state index contributed by atoms with van der Waals surface area (Å²) in [6.07, 6.45) is 2.21. The van der Waals surface area contributed by atoms with Crippen molar-refractivity contribution in [3.8, 4) is 10.6 Å². The van der Waals surface area contributed by atoms with Gasteiger partial charge in [-0.2, -0.15) is 4.31 Å². The molecule has 3 aromatic rings. The Balaban J connectivity index is 1.38. The van der Waals surface area contributed by atoms with Crippen molar-refractivity contribution in [2.45, 2.75) is 17.7 Å². The summed E-state index contributed by atoms with van der Waals surface area (Å²) >= 11 is 13.4. The molecule has 0 unspecified atom stereocenters. The number of piperidine rings is 1. The molecule has 0 radical (unpaired) electrons. The summed E-state index contributed by atoms with van der Waals surface area (Å²) in [6.45, 7) is 0.430. The zero-order valence-electron chi connectivity index (χ0n) is 16.0. The summed E-state index contributed by atoms with van der Waals surface area (Å²) < 4.78 is 27.0. The van der Waals surface area contributed by atoms with Crippen LogP contribution in [0, 0.1) is 5.92 Å². The molecule has 1 aromatic carbocycles. The number of rotatable bonds is 5. The van der Waals surface area contributed by atoms with Crippen LogP contribution in [0.25, 0.3) is 10.6 Å². The Hall–Kier alpha value is -2.11. The molecule has 8 nitrogen and oxygen atoms in total. The Morgan fingerprint density at radius 1 is 1.10 bits per heavy atom. The molecule has 12 heteroatoms. The molecule has 1 fully saturated rings. The molecule has 0 bridgehead atoms. The molecular formula is C19H17Cl2N5O3S2. The molecule has 1 aliphatic rings. The van der Waals surface area contributed by atoms with Crippen molar-refractivity contribution in [2.75, 3.05) is 18.4 Å². The normalized spacial score (nSPS) is 15.7. The number of carbonyl (C=O) groups excluding carboxylic acids is 1. The fraction of sp³-hybridized carbons (Fsp3) is 0.263. The summed E-state index contributed by atoms with van der Waals surface area (Å²) in [5.41, 5.74) is 0.745. The minimum atomic E-state index is -3.76. The molecule has 162 valence electrons. The minimum Gasteiger partial charge on any atom is -0.300 e. The van der Waals surface area contributed by atoms with Gasteiger partial charge in [0.15, 0.2) is 5.01 Å². The van der Waals surface area contributed by atoms with Crippen LogP contribution in [0.1, 0.15) is 12.8 Å². The van der Waals surface area contributed by atoms with Crippen LogP contribution in [0.3, 0.4) is 0 Å². The second-order valence-electron chi connectivity index (χ2n) is 6.85. The van der Waals surface area contributed by atoms with E-state index in [-0.39, 0.29) is 35.0 Å². The number of pyridine rings is 1. The number of hydrogen-bond donors (Lipinski definition) is 1. The maximum absolute atomic E-state index is 12.8. The van der Waals surface area contributed by atoms with Crippen molar-refractivity contribution in [1.82, 2.24) is 19.5 Å². The lowest BCUT2D eigenvalue weighted by molar-refractivity contribution is -0.120. The number of hydrogen-bond acceptors (Lipinski definition) is 7. The predicted molar refractivity (Wildman–Crippen MR) is 120 cm³/mol. The summed E-state index contributed by atoms with van der Waals surface area (Å²) in [5, 5.41) is 12.4. The molecule has 0 atom stereocenters. The second kappa shape index (κ2) is 9.17. The van der Waals surface area contributed by atoms with Gasteiger partial charge >= 0.3 is 0 Å². The first-order valence-electron chi connectivity index (χ1n) is 9.36. The first kappa shape index (κ1) is 22.1. The zero-order chi connectivity index (χ0) is 22.0. The van der Waals surface area contributed by atoms with Gasteiger partial charge in [0.25, 0.3) is 0 Å². The predicted octanol–water partition coefficient (Wildman–Crippen LogP) is 3.95. The number of sulfonamides is 1. The van der Waals surface area contributed by atoms with Gasteiger partial charge in [0.1, 0.15) is 10.0 Å². The lowest BCUT2D eigenvalue weighted by atomic mass is 9.97. The Labute approximate surface area is 193 Å². The monoisotopic (exact) mass is 497 g/mol. The van der Waals surface area contributed by atoms with E-state index in [0.29, 0.717) is 28.0 Å². The Morgan fingerprint density at radius 2 is 1.84 bits per heavy atom. The van der Waals surface area contributed by atoms with Crippen molar-refractivity contribution >= 4 is 55.6 Å². The van der Waals surface area contributed by atoms with Gasteiger partial charge in [-0.15, -0.1) is 10.2 Å². The highest BCUT2D eigenvalue weighted by atomic mass is 35.5. The average molecular weight is 498 g/mol. The van der Waals surface area contributed by atoms with Crippen molar-refractivity contribution < 1.29 is 13.2 Å². The number of halogens is 2. The van der Waals surface area contributed by atoms with Gasteiger partial charge in [0.2, 0.25) is 21.1 Å². The summed E-state index contributed by atoms with van der Waals surface area (Å²) in [4.78, 5) is 16.5. The van der Waals surface area contributed by atoms with Gasteiger partial charge < -0.3 is 5.32 Å². The van der Waals surface area contributed by atoms with E-state index in [0.717, 1.165) is 5.56 Å². The maximum atomic E-state index is 12.8. The Kier molecular flexibility index (Phi) is 6.54.